The number of rotatable bonds is 5. The SMILES string of the molecule is CCCCn1cnc(C)c1C(=O)OCC. The highest BCUT2D eigenvalue weighted by Crippen LogP contribution is 2.09. The monoisotopic (exact) mass is 210 g/mol. The summed E-state index contributed by atoms with van der Waals surface area (Å²) in [6.07, 6.45) is 3.85. The molecule has 0 amide bonds. The number of hydrogen-bond donors (Lipinski definition) is 0. The van der Waals surface area contributed by atoms with E-state index in [9.17, 15) is 4.79 Å². The summed E-state index contributed by atoms with van der Waals surface area (Å²) in [5.41, 5.74) is 1.33. The highest BCUT2D eigenvalue weighted by Gasteiger charge is 2.16. The van der Waals surface area contributed by atoms with Gasteiger partial charge in [-0.05, 0) is 20.3 Å². The molecule has 1 heterocycles. The molecule has 0 saturated heterocycles. The number of ether oxygens (including phenoxy) is 1. The number of carbonyl (C=O) groups excluding carboxylic acids is 1. The van der Waals surface area contributed by atoms with Crippen molar-refractivity contribution in [1.29, 1.82) is 0 Å². The molecule has 4 heteroatoms. The first kappa shape index (κ1) is 11.8. The average Bonchev–Trinajstić information content (AvgIpc) is 2.57. The Morgan fingerprint density at radius 3 is 2.87 bits per heavy atom. The second kappa shape index (κ2) is 5.53. The Morgan fingerprint density at radius 1 is 1.53 bits per heavy atom. The number of carbonyl (C=O) groups is 1. The van der Waals surface area contributed by atoms with Crippen LogP contribution >= 0.6 is 0 Å². The Balaban J connectivity index is 2.83. The zero-order valence-electron chi connectivity index (χ0n) is 9.62. The van der Waals surface area contributed by atoms with Crippen LogP contribution in [-0.4, -0.2) is 22.1 Å². The summed E-state index contributed by atoms with van der Waals surface area (Å²) in [5, 5.41) is 0. The summed E-state index contributed by atoms with van der Waals surface area (Å²) >= 11 is 0. The van der Waals surface area contributed by atoms with E-state index in [1.807, 2.05) is 11.5 Å². The Hall–Kier alpha value is -1.32. The maximum absolute atomic E-state index is 11.6. The largest absolute Gasteiger partial charge is 0.461 e. The number of imidazole rings is 1. The predicted molar refractivity (Wildman–Crippen MR) is 57.8 cm³/mol. The summed E-state index contributed by atoms with van der Waals surface area (Å²) in [4.78, 5) is 15.8. The molecule has 15 heavy (non-hydrogen) atoms. The molecule has 0 saturated carbocycles. The van der Waals surface area contributed by atoms with Crippen molar-refractivity contribution in [3.63, 3.8) is 0 Å². The van der Waals surface area contributed by atoms with Gasteiger partial charge in [-0.15, -0.1) is 0 Å². The van der Waals surface area contributed by atoms with E-state index >= 15 is 0 Å². The lowest BCUT2D eigenvalue weighted by Crippen LogP contribution is -2.13. The molecule has 0 aromatic carbocycles. The number of aryl methyl sites for hydroxylation is 2. The number of nitrogens with zero attached hydrogens (tertiary/aromatic N) is 2. The summed E-state index contributed by atoms with van der Waals surface area (Å²) in [6.45, 7) is 6.98. The van der Waals surface area contributed by atoms with Gasteiger partial charge in [0.15, 0.2) is 0 Å². The van der Waals surface area contributed by atoms with Crippen molar-refractivity contribution in [1.82, 2.24) is 9.55 Å². The van der Waals surface area contributed by atoms with Crippen molar-refractivity contribution in [2.75, 3.05) is 6.61 Å². The van der Waals surface area contributed by atoms with Crippen molar-refractivity contribution in [2.24, 2.45) is 0 Å². The van der Waals surface area contributed by atoms with Crippen LogP contribution in [0, 0.1) is 6.92 Å². The van der Waals surface area contributed by atoms with E-state index in [1.54, 1.807) is 13.3 Å². The third kappa shape index (κ3) is 2.81. The second-order valence-electron chi connectivity index (χ2n) is 3.45. The first-order valence-corrected chi connectivity index (χ1v) is 5.39. The van der Waals surface area contributed by atoms with Gasteiger partial charge < -0.3 is 9.30 Å². The van der Waals surface area contributed by atoms with Gasteiger partial charge in [0.05, 0.1) is 18.6 Å². The van der Waals surface area contributed by atoms with Gasteiger partial charge in [0.2, 0.25) is 0 Å². The van der Waals surface area contributed by atoms with Gasteiger partial charge in [-0.2, -0.15) is 0 Å². The van der Waals surface area contributed by atoms with E-state index in [2.05, 4.69) is 11.9 Å². The molecular weight excluding hydrogens is 192 g/mol. The zero-order valence-corrected chi connectivity index (χ0v) is 9.62. The molecule has 0 N–H and O–H groups in total. The molecule has 0 aliphatic heterocycles. The Morgan fingerprint density at radius 2 is 2.27 bits per heavy atom. The standard InChI is InChI=1S/C11H18N2O2/c1-4-6-7-13-8-12-9(3)10(13)11(14)15-5-2/h8H,4-7H2,1-3H3. The number of hydrogen-bond acceptors (Lipinski definition) is 3. The number of esters is 1. The molecule has 0 fully saturated rings. The van der Waals surface area contributed by atoms with Gasteiger partial charge in [-0.3, -0.25) is 0 Å². The fourth-order valence-corrected chi connectivity index (χ4v) is 1.45. The highest BCUT2D eigenvalue weighted by molar-refractivity contribution is 5.88. The van der Waals surface area contributed by atoms with Crippen LogP contribution in [0.3, 0.4) is 0 Å². The van der Waals surface area contributed by atoms with E-state index in [0.29, 0.717) is 12.3 Å². The van der Waals surface area contributed by atoms with Crippen LogP contribution in [0.1, 0.15) is 42.9 Å². The normalized spacial score (nSPS) is 10.3. The van der Waals surface area contributed by atoms with Crippen molar-refractivity contribution in [3.05, 3.63) is 17.7 Å². The maximum atomic E-state index is 11.6. The molecular formula is C11H18N2O2. The highest BCUT2D eigenvalue weighted by atomic mass is 16.5. The molecule has 1 aromatic rings. The van der Waals surface area contributed by atoms with E-state index in [1.165, 1.54) is 0 Å². The predicted octanol–water partition coefficient (Wildman–Crippen LogP) is 2.17. The van der Waals surface area contributed by atoms with Crippen LogP contribution in [-0.2, 0) is 11.3 Å². The molecule has 0 spiro atoms. The smallest absolute Gasteiger partial charge is 0.356 e. The van der Waals surface area contributed by atoms with Crippen LogP contribution < -0.4 is 0 Å². The van der Waals surface area contributed by atoms with Crippen LogP contribution in [0.15, 0.2) is 6.33 Å². The molecule has 1 aromatic heterocycles. The van der Waals surface area contributed by atoms with Crippen molar-refractivity contribution in [2.45, 2.75) is 40.2 Å². The fourth-order valence-electron chi connectivity index (χ4n) is 1.45. The van der Waals surface area contributed by atoms with E-state index in [0.717, 1.165) is 25.1 Å². The first-order chi connectivity index (χ1) is 7.20. The Labute approximate surface area is 90.3 Å². The third-order valence-electron chi connectivity index (χ3n) is 2.24. The minimum Gasteiger partial charge on any atom is -0.461 e. The van der Waals surface area contributed by atoms with Gasteiger partial charge >= 0.3 is 5.97 Å². The topological polar surface area (TPSA) is 44.1 Å². The summed E-state index contributed by atoms with van der Waals surface area (Å²) in [5.74, 6) is -0.274. The third-order valence-corrected chi connectivity index (χ3v) is 2.24. The van der Waals surface area contributed by atoms with Crippen molar-refractivity contribution < 1.29 is 9.53 Å². The van der Waals surface area contributed by atoms with E-state index in [4.69, 9.17) is 4.74 Å². The van der Waals surface area contributed by atoms with Crippen LogP contribution in [0.2, 0.25) is 0 Å². The minimum atomic E-state index is -0.274. The van der Waals surface area contributed by atoms with Crippen molar-refractivity contribution in [3.8, 4) is 0 Å². The van der Waals surface area contributed by atoms with Crippen molar-refractivity contribution >= 4 is 5.97 Å². The molecule has 0 radical (unpaired) electrons. The first-order valence-electron chi connectivity index (χ1n) is 5.39. The quantitative estimate of drug-likeness (QED) is 0.699. The molecule has 0 bridgehead atoms. The fraction of sp³-hybridized carbons (Fsp3) is 0.636. The van der Waals surface area contributed by atoms with E-state index in [-0.39, 0.29) is 5.97 Å². The van der Waals surface area contributed by atoms with Gasteiger partial charge in [0.1, 0.15) is 5.69 Å². The van der Waals surface area contributed by atoms with Gasteiger partial charge in [-0.25, -0.2) is 9.78 Å². The van der Waals surface area contributed by atoms with Crippen LogP contribution in [0.25, 0.3) is 0 Å². The molecule has 0 unspecified atom stereocenters. The minimum absolute atomic E-state index is 0.274. The zero-order chi connectivity index (χ0) is 11.3. The Bertz CT molecular complexity index is 331. The number of unbranched alkanes of at least 4 members (excludes halogenated alkanes) is 1. The lowest BCUT2D eigenvalue weighted by atomic mass is 10.3. The summed E-state index contributed by atoms with van der Waals surface area (Å²) in [6, 6.07) is 0. The summed E-state index contributed by atoms with van der Waals surface area (Å²) in [7, 11) is 0. The van der Waals surface area contributed by atoms with Gasteiger partial charge in [0, 0.05) is 6.54 Å². The van der Waals surface area contributed by atoms with Crippen LogP contribution in [0.4, 0.5) is 0 Å². The Kier molecular flexibility index (Phi) is 4.34. The summed E-state index contributed by atoms with van der Waals surface area (Å²) < 4.78 is 6.86. The van der Waals surface area contributed by atoms with Gasteiger partial charge in [0.25, 0.3) is 0 Å². The van der Waals surface area contributed by atoms with E-state index < -0.39 is 0 Å². The maximum Gasteiger partial charge on any atom is 0.356 e. The van der Waals surface area contributed by atoms with Crippen LogP contribution in [0.5, 0.6) is 0 Å². The molecule has 1 rings (SSSR count). The molecule has 0 aliphatic carbocycles. The lowest BCUT2D eigenvalue weighted by Gasteiger charge is -2.07. The number of aromatic nitrogens is 2. The molecule has 84 valence electrons. The van der Waals surface area contributed by atoms with Gasteiger partial charge in [-0.1, -0.05) is 13.3 Å². The second-order valence-corrected chi connectivity index (χ2v) is 3.45. The molecule has 0 aliphatic rings. The average molecular weight is 210 g/mol. The molecule has 0 atom stereocenters. The lowest BCUT2D eigenvalue weighted by molar-refractivity contribution is 0.0512. The molecule has 4 nitrogen and oxygen atoms in total.